The molecule has 44 valence electrons. The molecule has 0 rings (SSSR count). The number of hydrogen-bond acceptors (Lipinski definition) is 2. The zero-order valence-electron chi connectivity index (χ0n) is 5.06. The predicted octanol–water partition coefficient (Wildman–Crippen LogP) is 1.12. The van der Waals surface area contributed by atoms with Crippen LogP contribution in [0.25, 0.3) is 0 Å². The Balaban J connectivity index is 3.15. The van der Waals surface area contributed by atoms with Gasteiger partial charge >= 0.3 is 0 Å². The highest BCUT2D eigenvalue weighted by atomic mass is 32.2. The van der Waals surface area contributed by atoms with Crippen molar-refractivity contribution in [3.63, 3.8) is 0 Å². The lowest BCUT2D eigenvalue weighted by molar-refractivity contribution is 0.107. The Labute approximate surface area is 49.1 Å². The second-order valence-corrected chi connectivity index (χ2v) is 3.11. The first-order chi connectivity index (χ1) is 3.06. The van der Waals surface area contributed by atoms with E-state index in [-0.39, 0.29) is 0 Å². The summed E-state index contributed by atoms with van der Waals surface area (Å²) in [6.07, 6.45) is 1.98. The van der Waals surface area contributed by atoms with Crippen LogP contribution in [0.1, 0.15) is 13.8 Å². The van der Waals surface area contributed by atoms with Crippen LogP contribution in [0.4, 0.5) is 0 Å². The van der Waals surface area contributed by atoms with Crippen LogP contribution in [0.2, 0.25) is 0 Å². The molecule has 0 radical (unpaired) electrons. The zero-order valence-corrected chi connectivity index (χ0v) is 5.88. The predicted molar refractivity (Wildman–Crippen MR) is 34.7 cm³/mol. The smallest absolute Gasteiger partial charge is 0.0681 e. The highest BCUT2D eigenvalue weighted by Crippen LogP contribution is 2.07. The highest BCUT2D eigenvalue weighted by Gasteiger charge is 2.09. The van der Waals surface area contributed by atoms with Gasteiger partial charge in [-0.25, -0.2) is 0 Å². The molecule has 0 unspecified atom stereocenters. The normalized spacial score (nSPS) is 12.0. The van der Waals surface area contributed by atoms with Crippen LogP contribution in [0.5, 0.6) is 0 Å². The second-order valence-electron chi connectivity index (χ2n) is 2.25. The summed E-state index contributed by atoms with van der Waals surface area (Å²) in [5.41, 5.74) is -0.487. The van der Waals surface area contributed by atoms with Gasteiger partial charge < -0.3 is 5.11 Å². The van der Waals surface area contributed by atoms with Crippen molar-refractivity contribution in [2.75, 3.05) is 12.0 Å². The lowest BCUT2D eigenvalue weighted by Gasteiger charge is -2.13. The summed E-state index contributed by atoms with van der Waals surface area (Å²) in [5, 5.41) is 9.00. The van der Waals surface area contributed by atoms with Gasteiger partial charge in [-0.1, -0.05) is 0 Å². The molecular weight excluding hydrogens is 108 g/mol. The molecule has 0 saturated carbocycles. The van der Waals surface area contributed by atoms with E-state index in [1.54, 1.807) is 11.8 Å². The molecule has 0 bridgehead atoms. The van der Waals surface area contributed by atoms with E-state index in [1.807, 2.05) is 20.1 Å². The fraction of sp³-hybridized carbons (Fsp3) is 1.00. The second kappa shape index (κ2) is 2.58. The van der Waals surface area contributed by atoms with Crippen molar-refractivity contribution in [3.05, 3.63) is 0 Å². The van der Waals surface area contributed by atoms with Crippen molar-refractivity contribution in [2.24, 2.45) is 0 Å². The van der Waals surface area contributed by atoms with Gasteiger partial charge in [-0.3, -0.25) is 0 Å². The lowest BCUT2D eigenvalue weighted by atomic mass is 10.2. The van der Waals surface area contributed by atoms with Gasteiger partial charge in [0.25, 0.3) is 0 Å². The van der Waals surface area contributed by atoms with Gasteiger partial charge in [0, 0.05) is 5.75 Å². The van der Waals surface area contributed by atoms with Gasteiger partial charge in [0.15, 0.2) is 0 Å². The minimum absolute atomic E-state index is 0.487. The summed E-state index contributed by atoms with van der Waals surface area (Å²) >= 11 is 1.66. The average Bonchev–Trinajstić information content (AvgIpc) is 1.30. The van der Waals surface area contributed by atoms with Crippen LogP contribution in [0.15, 0.2) is 0 Å². The van der Waals surface area contributed by atoms with Crippen molar-refractivity contribution >= 4 is 11.8 Å². The number of thioether (sulfide) groups is 1. The molecule has 1 N–H and O–H groups in total. The Morgan fingerprint density at radius 2 is 2.00 bits per heavy atom. The summed E-state index contributed by atoms with van der Waals surface area (Å²) in [4.78, 5) is 0. The van der Waals surface area contributed by atoms with Crippen molar-refractivity contribution in [1.82, 2.24) is 0 Å². The van der Waals surface area contributed by atoms with Gasteiger partial charge in [-0.2, -0.15) is 11.8 Å². The fourth-order valence-electron chi connectivity index (χ4n) is 0.353. The molecule has 0 spiro atoms. The Bertz CT molecular complexity index is 46.5. The Morgan fingerprint density at radius 3 is 2.00 bits per heavy atom. The molecule has 7 heavy (non-hydrogen) atoms. The molecule has 0 atom stereocenters. The summed E-state index contributed by atoms with van der Waals surface area (Å²) in [6, 6.07) is 0. The van der Waals surface area contributed by atoms with Crippen molar-refractivity contribution < 1.29 is 5.11 Å². The third-order valence-corrected chi connectivity index (χ3v) is 1.49. The number of hydrogen-bond donors (Lipinski definition) is 1. The summed E-state index contributed by atoms with van der Waals surface area (Å²) in [6.45, 7) is 3.62. The third kappa shape index (κ3) is 6.31. The van der Waals surface area contributed by atoms with E-state index in [9.17, 15) is 0 Å². The molecule has 0 aromatic carbocycles. The van der Waals surface area contributed by atoms with E-state index < -0.39 is 5.60 Å². The fourth-order valence-corrected chi connectivity index (χ4v) is 1.06. The maximum Gasteiger partial charge on any atom is 0.0681 e. The molecule has 0 aliphatic carbocycles. The Morgan fingerprint density at radius 1 is 1.57 bits per heavy atom. The first-order valence-electron chi connectivity index (χ1n) is 2.27. The van der Waals surface area contributed by atoms with E-state index in [1.165, 1.54) is 0 Å². The maximum atomic E-state index is 9.00. The highest BCUT2D eigenvalue weighted by molar-refractivity contribution is 7.98. The molecule has 2 heteroatoms. The average molecular weight is 120 g/mol. The van der Waals surface area contributed by atoms with E-state index in [2.05, 4.69) is 0 Å². The maximum absolute atomic E-state index is 9.00. The van der Waals surface area contributed by atoms with Crippen LogP contribution < -0.4 is 0 Å². The van der Waals surface area contributed by atoms with Crippen molar-refractivity contribution in [1.29, 1.82) is 0 Å². The van der Waals surface area contributed by atoms with Gasteiger partial charge in [0.1, 0.15) is 0 Å². The molecule has 0 fully saturated rings. The number of aliphatic hydroxyl groups is 1. The van der Waals surface area contributed by atoms with E-state index in [4.69, 9.17) is 5.11 Å². The van der Waals surface area contributed by atoms with Crippen LogP contribution in [-0.4, -0.2) is 22.7 Å². The molecule has 0 aromatic rings. The largest absolute Gasteiger partial charge is 0.390 e. The van der Waals surface area contributed by atoms with Crippen LogP contribution >= 0.6 is 11.8 Å². The molecule has 0 aromatic heterocycles. The van der Waals surface area contributed by atoms with Gasteiger partial charge in [-0.15, -0.1) is 0 Å². The zero-order chi connectivity index (χ0) is 5.91. The molecular formula is C5H12OS. The quantitative estimate of drug-likeness (QED) is 0.589. The summed E-state index contributed by atoms with van der Waals surface area (Å²) in [7, 11) is 0. The summed E-state index contributed by atoms with van der Waals surface area (Å²) < 4.78 is 0. The molecule has 0 aliphatic rings. The molecule has 0 amide bonds. The standard InChI is InChI=1S/C5H12OS/c1-5(2,6)4-7-3/h6H,4H2,1-3H3. The Hall–Kier alpha value is 0.310. The lowest BCUT2D eigenvalue weighted by Crippen LogP contribution is -2.21. The molecule has 0 aliphatic heterocycles. The van der Waals surface area contributed by atoms with Gasteiger partial charge in [0.05, 0.1) is 5.60 Å². The minimum atomic E-state index is -0.487. The monoisotopic (exact) mass is 120 g/mol. The van der Waals surface area contributed by atoms with Crippen LogP contribution in [0, 0.1) is 0 Å². The first-order valence-corrected chi connectivity index (χ1v) is 3.67. The SMILES string of the molecule is CSCC(C)(C)O. The minimum Gasteiger partial charge on any atom is -0.390 e. The van der Waals surface area contributed by atoms with E-state index >= 15 is 0 Å². The number of rotatable bonds is 2. The van der Waals surface area contributed by atoms with Crippen LogP contribution in [0.3, 0.4) is 0 Å². The van der Waals surface area contributed by atoms with Gasteiger partial charge in [-0.05, 0) is 20.1 Å². The van der Waals surface area contributed by atoms with E-state index in [0.717, 1.165) is 5.75 Å². The Kier molecular flexibility index (Phi) is 2.69. The molecule has 1 nitrogen and oxygen atoms in total. The van der Waals surface area contributed by atoms with Crippen LogP contribution in [-0.2, 0) is 0 Å². The van der Waals surface area contributed by atoms with Gasteiger partial charge in [0.2, 0.25) is 0 Å². The van der Waals surface area contributed by atoms with Crippen molar-refractivity contribution in [3.8, 4) is 0 Å². The topological polar surface area (TPSA) is 20.2 Å². The first kappa shape index (κ1) is 7.31. The third-order valence-electron chi connectivity index (χ3n) is 0.498. The molecule has 0 saturated heterocycles. The van der Waals surface area contributed by atoms with E-state index in [0.29, 0.717) is 0 Å². The summed E-state index contributed by atoms with van der Waals surface area (Å²) in [5.74, 6) is 0.812. The molecule has 0 heterocycles. The van der Waals surface area contributed by atoms with Crippen molar-refractivity contribution in [2.45, 2.75) is 19.4 Å².